The van der Waals surface area contributed by atoms with Crippen LogP contribution >= 0.6 is 11.8 Å². The van der Waals surface area contributed by atoms with Gasteiger partial charge in [-0.2, -0.15) is 4.39 Å². The van der Waals surface area contributed by atoms with Crippen LogP contribution in [-0.2, 0) is 4.79 Å². The van der Waals surface area contributed by atoms with Crippen LogP contribution in [0.4, 0.5) is 20.8 Å². The Morgan fingerprint density at radius 3 is 2.59 bits per heavy atom. The number of amides is 2. The second kappa shape index (κ2) is 11.6. The lowest BCUT2D eigenvalue weighted by Crippen LogP contribution is -2.41. The highest BCUT2D eigenvalue weighted by Gasteiger charge is 2.26. The van der Waals surface area contributed by atoms with Crippen molar-refractivity contribution in [3.63, 3.8) is 0 Å². The molecule has 1 aromatic heterocycles. The summed E-state index contributed by atoms with van der Waals surface area (Å²) in [4.78, 5) is 31.7. The number of carboxylic acid groups (broad SMARTS) is 1. The minimum Gasteiger partial charge on any atom is -0.465 e. The van der Waals surface area contributed by atoms with Gasteiger partial charge in [0.2, 0.25) is 11.7 Å². The lowest BCUT2D eigenvalue weighted by Gasteiger charge is -2.20. The molecular weight excluding hydrogens is 399 g/mol. The molecule has 5 N–H and O–H groups in total. The fourth-order valence-electron chi connectivity index (χ4n) is 3.33. The van der Waals surface area contributed by atoms with Crippen LogP contribution in [0.5, 0.6) is 0 Å². The molecule has 0 aliphatic heterocycles. The van der Waals surface area contributed by atoms with Crippen molar-refractivity contribution >= 4 is 35.4 Å². The highest BCUT2D eigenvalue weighted by Crippen LogP contribution is 2.30. The molecule has 2 amide bonds. The molecule has 1 atom stereocenters. The number of carbonyl (C=O) groups is 2. The summed E-state index contributed by atoms with van der Waals surface area (Å²) in [6.45, 7) is 2.51. The number of nitrogens with one attached hydrogen (secondary N) is 4. The van der Waals surface area contributed by atoms with Gasteiger partial charge in [0.15, 0.2) is 16.8 Å². The zero-order chi connectivity index (χ0) is 21.2. The molecule has 1 saturated carbocycles. The second-order valence-electron chi connectivity index (χ2n) is 7.03. The van der Waals surface area contributed by atoms with E-state index in [0.29, 0.717) is 24.0 Å². The fraction of sp³-hybridized carbons (Fsp3) is 0.667. The summed E-state index contributed by atoms with van der Waals surface area (Å²) in [6.07, 6.45) is 6.30. The van der Waals surface area contributed by atoms with Crippen molar-refractivity contribution in [2.45, 2.75) is 50.6 Å². The molecule has 1 aliphatic rings. The predicted octanol–water partition coefficient (Wildman–Crippen LogP) is 3.07. The number of hydrogen-bond donors (Lipinski definition) is 5. The highest BCUT2D eigenvalue weighted by molar-refractivity contribution is 7.98. The maximum Gasteiger partial charge on any atom is 0.404 e. The Labute approximate surface area is 174 Å². The van der Waals surface area contributed by atoms with E-state index in [2.05, 4.69) is 31.5 Å². The topological polar surface area (TPSA) is 128 Å². The van der Waals surface area contributed by atoms with E-state index in [-0.39, 0.29) is 18.2 Å². The largest absolute Gasteiger partial charge is 0.465 e. The first kappa shape index (κ1) is 23.0. The number of aromatic nitrogens is 2. The van der Waals surface area contributed by atoms with Gasteiger partial charge in [-0.3, -0.25) is 15.6 Å². The van der Waals surface area contributed by atoms with Crippen molar-refractivity contribution in [1.29, 1.82) is 0 Å². The van der Waals surface area contributed by atoms with E-state index >= 15 is 0 Å². The Bertz CT molecular complexity index is 702. The third kappa shape index (κ3) is 7.22. The molecule has 0 saturated heterocycles. The zero-order valence-corrected chi connectivity index (χ0v) is 17.6. The van der Waals surface area contributed by atoms with Crippen LogP contribution in [0.25, 0.3) is 0 Å². The molecule has 0 bridgehead atoms. The van der Waals surface area contributed by atoms with Gasteiger partial charge in [0.1, 0.15) is 0 Å². The standard InChI is InChI=1S/C18H29FN6O3S/c1-3-8-20-14-13(19)15(23-17(22-14)29-2)24-25-16(26)12(10-21-18(27)28)9-11-6-4-5-7-11/h11-12,21H,3-10H2,1-2H3,(H,25,26)(H,27,28)(H2,20,22,23,24)/t12-/m1/s1. The molecule has 9 nitrogen and oxygen atoms in total. The minimum absolute atomic E-state index is 0.00493. The monoisotopic (exact) mass is 428 g/mol. The number of carbonyl (C=O) groups excluding carboxylic acids is 1. The van der Waals surface area contributed by atoms with Gasteiger partial charge in [0.25, 0.3) is 0 Å². The summed E-state index contributed by atoms with van der Waals surface area (Å²) >= 11 is 1.26. The van der Waals surface area contributed by atoms with Crippen molar-refractivity contribution in [3.05, 3.63) is 5.82 Å². The maximum atomic E-state index is 14.6. The van der Waals surface area contributed by atoms with Crippen LogP contribution in [0, 0.1) is 17.7 Å². The normalized spacial score (nSPS) is 15.0. The van der Waals surface area contributed by atoms with E-state index in [1.165, 1.54) is 11.8 Å². The fourth-order valence-corrected chi connectivity index (χ4v) is 3.69. The number of anilines is 2. The number of rotatable bonds is 11. The third-order valence-corrected chi connectivity index (χ3v) is 5.37. The number of hydrazine groups is 1. The Kier molecular flexibility index (Phi) is 9.23. The molecule has 0 spiro atoms. The van der Waals surface area contributed by atoms with Gasteiger partial charge < -0.3 is 15.7 Å². The maximum absolute atomic E-state index is 14.6. The van der Waals surface area contributed by atoms with E-state index in [1.807, 2.05) is 6.92 Å². The van der Waals surface area contributed by atoms with Crippen LogP contribution in [0.15, 0.2) is 5.16 Å². The molecule has 11 heteroatoms. The summed E-state index contributed by atoms with van der Waals surface area (Å²) in [6, 6.07) is 0. The average Bonchev–Trinajstić information content (AvgIpc) is 3.22. The minimum atomic E-state index is -1.18. The average molecular weight is 429 g/mol. The summed E-state index contributed by atoms with van der Waals surface area (Å²) in [5.74, 6) is -1.32. The highest BCUT2D eigenvalue weighted by atomic mass is 32.2. The Hall–Kier alpha value is -2.30. The van der Waals surface area contributed by atoms with E-state index in [4.69, 9.17) is 5.11 Å². The summed E-state index contributed by atoms with van der Waals surface area (Å²) in [5.41, 5.74) is 5.03. The van der Waals surface area contributed by atoms with Gasteiger partial charge in [0, 0.05) is 13.1 Å². The molecule has 1 aromatic rings. The Balaban J connectivity index is 2.05. The zero-order valence-electron chi connectivity index (χ0n) is 16.8. The molecule has 2 rings (SSSR count). The number of nitrogens with zero attached hydrogens (tertiary/aromatic N) is 2. The number of halogens is 1. The quantitative estimate of drug-likeness (QED) is 0.207. The second-order valence-corrected chi connectivity index (χ2v) is 7.81. The molecule has 1 fully saturated rings. The first-order valence-corrected chi connectivity index (χ1v) is 11.0. The summed E-state index contributed by atoms with van der Waals surface area (Å²) in [7, 11) is 0. The summed E-state index contributed by atoms with van der Waals surface area (Å²) in [5, 5.41) is 14.4. The van der Waals surface area contributed by atoms with E-state index in [0.717, 1.165) is 32.1 Å². The van der Waals surface area contributed by atoms with E-state index in [9.17, 15) is 14.0 Å². The van der Waals surface area contributed by atoms with Crippen LogP contribution < -0.4 is 21.5 Å². The smallest absolute Gasteiger partial charge is 0.404 e. The van der Waals surface area contributed by atoms with Gasteiger partial charge in [-0.05, 0) is 25.0 Å². The van der Waals surface area contributed by atoms with E-state index in [1.54, 1.807) is 6.26 Å². The van der Waals surface area contributed by atoms with Crippen molar-refractivity contribution in [1.82, 2.24) is 20.7 Å². The SMILES string of the molecule is CCCNc1nc(SC)nc(NNC(=O)[C@@H](CNC(=O)O)CC2CCCC2)c1F. The van der Waals surface area contributed by atoms with Crippen molar-refractivity contribution in [2.24, 2.45) is 11.8 Å². The van der Waals surface area contributed by atoms with Crippen LogP contribution in [-0.4, -0.2) is 46.4 Å². The van der Waals surface area contributed by atoms with Crippen molar-refractivity contribution in [3.8, 4) is 0 Å². The van der Waals surface area contributed by atoms with Crippen molar-refractivity contribution < 1.29 is 19.1 Å². The molecule has 0 unspecified atom stereocenters. The number of hydrogen-bond acceptors (Lipinski definition) is 7. The molecule has 0 aromatic carbocycles. The molecular formula is C18H29FN6O3S. The molecule has 29 heavy (non-hydrogen) atoms. The third-order valence-electron chi connectivity index (χ3n) is 4.82. The van der Waals surface area contributed by atoms with Gasteiger partial charge in [-0.25, -0.2) is 14.8 Å². The van der Waals surface area contributed by atoms with Gasteiger partial charge in [0.05, 0.1) is 5.92 Å². The first-order chi connectivity index (χ1) is 13.9. The van der Waals surface area contributed by atoms with E-state index < -0.39 is 23.7 Å². The van der Waals surface area contributed by atoms with Crippen LogP contribution in [0.3, 0.4) is 0 Å². The first-order valence-electron chi connectivity index (χ1n) is 9.82. The van der Waals surface area contributed by atoms with Gasteiger partial charge in [-0.15, -0.1) is 0 Å². The lowest BCUT2D eigenvalue weighted by molar-refractivity contribution is -0.124. The van der Waals surface area contributed by atoms with Crippen molar-refractivity contribution in [2.75, 3.05) is 30.1 Å². The molecule has 1 heterocycles. The van der Waals surface area contributed by atoms with Gasteiger partial charge >= 0.3 is 6.09 Å². The lowest BCUT2D eigenvalue weighted by atomic mass is 9.92. The Morgan fingerprint density at radius 1 is 1.28 bits per heavy atom. The summed E-state index contributed by atoms with van der Waals surface area (Å²) < 4.78 is 14.6. The molecule has 0 radical (unpaired) electrons. The van der Waals surface area contributed by atoms with Crippen LogP contribution in [0.1, 0.15) is 45.4 Å². The molecule has 1 aliphatic carbocycles. The van der Waals surface area contributed by atoms with Crippen LogP contribution in [0.2, 0.25) is 0 Å². The Morgan fingerprint density at radius 2 is 1.97 bits per heavy atom. The number of thioether (sulfide) groups is 1. The van der Waals surface area contributed by atoms with Gasteiger partial charge in [-0.1, -0.05) is 44.4 Å². The predicted molar refractivity (Wildman–Crippen MR) is 110 cm³/mol. The molecule has 162 valence electrons.